The molecule has 0 unspecified atom stereocenters. The zero-order valence-corrected chi connectivity index (χ0v) is 9.28. The second-order valence-electron chi connectivity index (χ2n) is 2.87. The summed E-state index contributed by atoms with van der Waals surface area (Å²) in [6.07, 6.45) is 0. The molecule has 0 atom stereocenters. The summed E-state index contributed by atoms with van der Waals surface area (Å²) in [4.78, 5) is 0. The van der Waals surface area contributed by atoms with E-state index in [1.807, 2.05) is 42.5 Å². The first-order valence-electron chi connectivity index (χ1n) is 3.64. The zero-order valence-electron chi connectivity index (χ0n) is 7.12. The molecule has 12 heavy (non-hydrogen) atoms. The number of rotatable bonds is 1. The quantitative estimate of drug-likeness (QED) is 0.685. The third-order valence-corrected chi connectivity index (χ3v) is 3.07. The Hall–Kier alpha value is -0.380. The van der Waals surface area contributed by atoms with Gasteiger partial charge < -0.3 is 0 Å². The summed E-state index contributed by atoms with van der Waals surface area (Å²) in [5.74, 6) is -0.159. The molecule has 0 saturated heterocycles. The van der Waals surface area contributed by atoms with Gasteiger partial charge in [-0.1, -0.05) is 18.2 Å². The van der Waals surface area contributed by atoms with Crippen molar-refractivity contribution in [2.24, 2.45) is 0 Å². The molecule has 0 bridgehead atoms. The average molecular weight is 276 g/mol. The number of hydrogen-bond donors (Lipinski definition) is 0. The molecule has 0 fully saturated rings. The molecule has 1 aromatic rings. The number of hydrogen-bond acceptors (Lipinski definition) is 0. The van der Waals surface area contributed by atoms with Crippen LogP contribution in [-0.2, 0) is 0 Å². The molecule has 0 aliphatic carbocycles. The van der Waals surface area contributed by atoms with Crippen LogP contribution in [0, 0.1) is 16.3 Å². The van der Waals surface area contributed by atoms with Crippen molar-refractivity contribution < 1.29 is 4.39 Å². The van der Waals surface area contributed by atoms with Crippen LogP contribution < -0.4 is 0 Å². The van der Waals surface area contributed by atoms with Crippen LogP contribution in [0.4, 0.5) is 4.39 Å². The maximum Gasteiger partial charge on any atom is 0.137 e. The molecule has 64 valence electrons. The molecule has 1 aromatic carbocycles. The zero-order chi connectivity index (χ0) is 9.30. The van der Waals surface area contributed by atoms with E-state index in [2.05, 4.69) is 6.58 Å². The van der Waals surface area contributed by atoms with Crippen LogP contribution >= 0.6 is 22.6 Å². The lowest BCUT2D eigenvalue weighted by Gasteiger charge is -2.04. The van der Waals surface area contributed by atoms with Crippen molar-refractivity contribution in [2.45, 2.75) is 13.8 Å². The maximum atomic E-state index is 13.2. The molecule has 0 N–H and O–H groups in total. The van der Waals surface area contributed by atoms with E-state index in [9.17, 15) is 4.39 Å². The number of halogens is 2. The Morgan fingerprint density at radius 1 is 1.50 bits per heavy atom. The van der Waals surface area contributed by atoms with Gasteiger partial charge in [0.2, 0.25) is 0 Å². The van der Waals surface area contributed by atoms with Crippen molar-refractivity contribution in [3.8, 4) is 0 Å². The van der Waals surface area contributed by atoms with Crippen LogP contribution in [0.3, 0.4) is 0 Å². The Morgan fingerprint density at radius 3 is 2.50 bits per heavy atom. The molecule has 0 spiro atoms. The molecule has 0 radical (unpaired) electrons. The Labute approximate surface area is 85.6 Å². The molecule has 0 aromatic heterocycles. The van der Waals surface area contributed by atoms with Crippen LogP contribution in [0.5, 0.6) is 0 Å². The summed E-state index contributed by atoms with van der Waals surface area (Å²) in [5, 5.41) is 0. The predicted molar refractivity (Wildman–Crippen MR) is 58.6 cm³/mol. The van der Waals surface area contributed by atoms with E-state index in [-0.39, 0.29) is 5.82 Å². The molecule has 0 amide bonds. The number of allylic oxidation sites excluding steroid dienone is 1. The fourth-order valence-corrected chi connectivity index (χ4v) is 1.28. The largest absolute Gasteiger partial charge is 0.206 e. The van der Waals surface area contributed by atoms with Gasteiger partial charge in [0.25, 0.3) is 0 Å². The summed E-state index contributed by atoms with van der Waals surface area (Å²) in [5.41, 5.74) is 2.74. The van der Waals surface area contributed by atoms with Gasteiger partial charge >= 0.3 is 0 Å². The van der Waals surface area contributed by atoms with Crippen molar-refractivity contribution in [2.75, 3.05) is 0 Å². The first kappa shape index (κ1) is 9.71. The van der Waals surface area contributed by atoms with Gasteiger partial charge in [0.05, 0.1) is 3.57 Å². The second-order valence-corrected chi connectivity index (χ2v) is 3.95. The molecule has 0 nitrogen and oxygen atoms in total. The van der Waals surface area contributed by atoms with Gasteiger partial charge in [-0.2, -0.15) is 0 Å². The summed E-state index contributed by atoms with van der Waals surface area (Å²) in [7, 11) is 0. The second kappa shape index (κ2) is 3.56. The molecule has 2 heteroatoms. The van der Waals surface area contributed by atoms with Gasteiger partial charge in [-0.3, -0.25) is 0 Å². The van der Waals surface area contributed by atoms with E-state index >= 15 is 0 Å². The summed E-state index contributed by atoms with van der Waals surface area (Å²) in [6, 6.07) is 3.48. The fourth-order valence-electron chi connectivity index (χ4n) is 0.973. The van der Waals surface area contributed by atoms with Gasteiger partial charge in [0.15, 0.2) is 0 Å². The number of benzene rings is 1. The summed E-state index contributed by atoms with van der Waals surface area (Å²) in [6.45, 7) is 7.54. The lowest BCUT2D eigenvalue weighted by atomic mass is 10.1. The third kappa shape index (κ3) is 1.86. The average Bonchev–Trinajstić information content (AvgIpc) is 1.99. The molecule has 0 saturated carbocycles. The van der Waals surface area contributed by atoms with Crippen LogP contribution in [0.1, 0.15) is 18.1 Å². The van der Waals surface area contributed by atoms with Crippen LogP contribution in [0.2, 0.25) is 0 Å². The maximum absolute atomic E-state index is 13.2. The Bertz CT molecular complexity index is 306. The lowest BCUT2D eigenvalue weighted by Crippen LogP contribution is -1.90. The number of aryl methyl sites for hydroxylation is 1. The fraction of sp³-hybridized carbons (Fsp3) is 0.200. The lowest BCUT2D eigenvalue weighted by molar-refractivity contribution is 0.618. The normalized spacial score (nSPS) is 10.0. The molecule has 0 aliphatic rings. The van der Waals surface area contributed by atoms with Crippen LogP contribution in [0.15, 0.2) is 18.7 Å². The highest BCUT2D eigenvalue weighted by Gasteiger charge is 2.04. The SMILES string of the molecule is C=C(C)c1cc(C)c(I)c(F)c1. The van der Waals surface area contributed by atoms with Crippen molar-refractivity contribution in [1.29, 1.82) is 0 Å². The molecular weight excluding hydrogens is 266 g/mol. The molecular formula is C10H10FI. The van der Waals surface area contributed by atoms with E-state index in [4.69, 9.17) is 0 Å². The van der Waals surface area contributed by atoms with Gasteiger partial charge in [0.1, 0.15) is 5.82 Å². The Balaban J connectivity index is 3.31. The van der Waals surface area contributed by atoms with E-state index < -0.39 is 0 Å². The standard InChI is InChI=1S/C10H10FI/c1-6(2)8-4-7(3)10(12)9(11)5-8/h4-5H,1H2,2-3H3. The van der Waals surface area contributed by atoms with E-state index in [1.54, 1.807) is 0 Å². The molecule has 0 heterocycles. The minimum Gasteiger partial charge on any atom is -0.206 e. The van der Waals surface area contributed by atoms with Gasteiger partial charge in [-0.25, -0.2) is 4.39 Å². The molecule has 0 aliphatic heterocycles. The van der Waals surface area contributed by atoms with Crippen molar-refractivity contribution >= 4 is 28.2 Å². The van der Waals surface area contributed by atoms with Gasteiger partial charge in [-0.05, 0) is 53.6 Å². The van der Waals surface area contributed by atoms with E-state index in [1.165, 1.54) is 6.07 Å². The van der Waals surface area contributed by atoms with Crippen LogP contribution in [0.25, 0.3) is 5.57 Å². The first-order chi connectivity index (χ1) is 5.52. The topological polar surface area (TPSA) is 0 Å². The minimum atomic E-state index is -0.159. The smallest absolute Gasteiger partial charge is 0.137 e. The highest BCUT2D eigenvalue weighted by atomic mass is 127. The van der Waals surface area contributed by atoms with Gasteiger partial charge in [-0.15, -0.1) is 0 Å². The highest BCUT2D eigenvalue weighted by molar-refractivity contribution is 14.1. The van der Waals surface area contributed by atoms with Crippen molar-refractivity contribution in [3.05, 3.63) is 39.2 Å². The van der Waals surface area contributed by atoms with Crippen molar-refractivity contribution in [3.63, 3.8) is 0 Å². The summed E-state index contributed by atoms with van der Waals surface area (Å²) >= 11 is 2.00. The van der Waals surface area contributed by atoms with Gasteiger partial charge in [0, 0.05) is 0 Å². The Kier molecular flexibility index (Phi) is 2.88. The first-order valence-corrected chi connectivity index (χ1v) is 4.71. The summed E-state index contributed by atoms with van der Waals surface area (Å²) < 4.78 is 13.8. The monoisotopic (exact) mass is 276 g/mol. The van der Waals surface area contributed by atoms with E-state index in [0.717, 1.165) is 16.7 Å². The minimum absolute atomic E-state index is 0.159. The van der Waals surface area contributed by atoms with E-state index in [0.29, 0.717) is 3.57 Å². The third-order valence-electron chi connectivity index (χ3n) is 1.70. The molecule has 1 rings (SSSR count). The van der Waals surface area contributed by atoms with Crippen molar-refractivity contribution in [1.82, 2.24) is 0 Å². The predicted octanol–water partition coefficient (Wildman–Crippen LogP) is 3.77. The highest BCUT2D eigenvalue weighted by Crippen LogP contribution is 2.21. The Morgan fingerprint density at radius 2 is 2.08 bits per heavy atom. The van der Waals surface area contributed by atoms with Crippen LogP contribution in [-0.4, -0.2) is 0 Å².